The minimum atomic E-state index is -0.615. The van der Waals surface area contributed by atoms with E-state index in [0.29, 0.717) is 43.5 Å². The van der Waals surface area contributed by atoms with E-state index in [1.54, 1.807) is 19.2 Å². The van der Waals surface area contributed by atoms with E-state index in [9.17, 15) is 10.3 Å². The lowest BCUT2D eigenvalue weighted by Gasteiger charge is -2.28. The van der Waals surface area contributed by atoms with Crippen LogP contribution in [0.2, 0.25) is 0 Å². The molecule has 0 spiro atoms. The number of nitrogens with zero attached hydrogens (tertiary/aromatic N) is 3. The van der Waals surface area contributed by atoms with Gasteiger partial charge in [-0.15, -0.1) is 0 Å². The number of hydrogen-bond donors (Lipinski definition) is 2. The Morgan fingerprint density at radius 3 is 2.83 bits per heavy atom. The van der Waals surface area contributed by atoms with Crippen LogP contribution >= 0.6 is 0 Å². The first kappa shape index (κ1) is 17.0. The number of morpholine rings is 1. The molecule has 24 heavy (non-hydrogen) atoms. The second kappa shape index (κ2) is 7.80. The Labute approximate surface area is 140 Å². The molecule has 0 radical (unpaired) electrons. The molecule has 1 aromatic carbocycles. The highest BCUT2D eigenvalue weighted by Gasteiger charge is 2.19. The number of rotatable bonds is 6. The quantitative estimate of drug-likeness (QED) is 0.782. The molecule has 2 aliphatic rings. The fraction of sp³-hybridized carbons (Fsp3) is 0.562. The Morgan fingerprint density at radius 1 is 1.29 bits per heavy atom. The molecule has 2 N–H and O–H groups in total. The third-order valence-electron chi connectivity index (χ3n) is 4.07. The molecule has 1 atom stereocenters. The van der Waals surface area contributed by atoms with Crippen molar-refractivity contribution in [3.63, 3.8) is 0 Å². The van der Waals surface area contributed by atoms with Crippen molar-refractivity contribution in [1.82, 2.24) is 4.90 Å². The maximum absolute atomic E-state index is 10.2. The Bertz CT molecular complexity index is 589. The van der Waals surface area contributed by atoms with Crippen LogP contribution < -0.4 is 14.5 Å². The molecule has 1 saturated heterocycles. The Kier molecular flexibility index (Phi) is 5.52. The minimum Gasteiger partial charge on any atom is -0.493 e. The van der Waals surface area contributed by atoms with Gasteiger partial charge in [0.1, 0.15) is 19.0 Å². The molecule has 2 heterocycles. The summed E-state index contributed by atoms with van der Waals surface area (Å²) in [5.74, 6) is 1.03. The standard InChI is InChI=1S/C16H23N3O5/c1-22-15-6-12-8-17-11-19(21)14(12)7-16(15)24-10-13(20)9-18-2-4-23-5-3-18/h6-7,11,13,20-21H,2-5,8-10H2,1H3. The van der Waals surface area contributed by atoms with Crippen LogP contribution in [0.3, 0.4) is 0 Å². The van der Waals surface area contributed by atoms with Gasteiger partial charge in [-0.2, -0.15) is 0 Å². The van der Waals surface area contributed by atoms with Crippen molar-refractivity contribution in [2.45, 2.75) is 12.6 Å². The molecular formula is C16H23N3O5. The molecule has 0 aromatic heterocycles. The number of β-amino-alcohol motifs (C(OH)–C–C–N with tert-alkyl or cyclic N) is 1. The highest BCUT2D eigenvalue weighted by molar-refractivity contribution is 5.81. The first-order valence-corrected chi connectivity index (χ1v) is 7.97. The number of anilines is 1. The summed E-state index contributed by atoms with van der Waals surface area (Å²) in [4.78, 5) is 6.19. The summed E-state index contributed by atoms with van der Waals surface area (Å²) >= 11 is 0. The van der Waals surface area contributed by atoms with Gasteiger partial charge in [-0.05, 0) is 6.07 Å². The van der Waals surface area contributed by atoms with Gasteiger partial charge in [-0.25, -0.2) is 5.06 Å². The van der Waals surface area contributed by atoms with Crippen molar-refractivity contribution in [3.05, 3.63) is 17.7 Å². The van der Waals surface area contributed by atoms with Crippen molar-refractivity contribution in [2.75, 3.05) is 51.6 Å². The van der Waals surface area contributed by atoms with Crippen LogP contribution in [0, 0.1) is 0 Å². The average molecular weight is 337 g/mol. The zero-order valence-electron chi connectivity index (χ0n) is 13.7. The van der Waals surface area contributed by atoms with Gasteiger partial charge < -0.3 is 19.3 Å². The maximum atomic E-state index is 10.2. The maximum Gasteiger partial charge on any atom is 0.163 e. The molecular weight excluding hydrogens is 314 g/mol. The summed E-state index contributed by atoms with van der Waals surface area (Å²) in [6.07, 6.45) is 0.738. The zero-order valence-corrected chi connectivity index (χ0v) is 13.7. The predicted molar refractivity (Wildman–Crippen MR) is 88.2 cm³/mol. The summed E-state index contributed by atoms with van der Waals surface area (Å²) in [5, 5.41) is 21.0. The normalized spacial score (nSPS) is 19.0. The van der Waals surface area contributed by atoms with E-state index in [2.05, 4.69) is 9.89 Å². The van der Waals surface area contributed by atoms with Crippen LogP contribution in [0.5, 0.6) is 11.5 Å². The van der Waals surface area contributed by atoms with E-state index in [4.69, 9.17) is 14.2 Å². The molecule has 1 unspecified atom stereocenters. The number of aliphatic hydroxyl groups is 1. The molecule has 132 valence electrons. The summed E-state index contributed by atoms with van der Waals surface area (Å²) in [7, 11) is 1.56. The SMILES string of the molecule is COc1cc2c(cc1OCC(O)CN1CCOCC1)N(O)C=NC2. The largest absolute Gasteiger partial charge is 0.493 e. The molecule has 8 heteroatoms. The van der Waals surface area contributed by atoms with Crippen molar-refractivity contribution in [3.8, 4) is 11.5 Å². The molecule has 0 aliphatic carbocycles. The van der Waals surface area contributed by atoms with E-state index in [1.807, 2.05) is 0 Å². The number of fused-ring (bicyclic) bond motifs is 1. The fourth-order valence-corrected chi connectivity index (χ4v) is 2.80. The van der Waals surface area contributed by atoms with Crippen molar-refractivity contribution >= 4 is 12.0 Å². The van der Waals surface area contributed by atoms with Gasteiger partial charge in [-0.3, -0.25) is 15.1 Å². The first-order chi connectivity index (χ1) is 11.7. The van der Waals surface area contributed by atoms with Crippen molar-refractivity contribution in [1.29, 1.82) is 0 Å². The summed E-state index contributed by atoms with van der Waals surface area (Å²) in [6, 6.07) is 3.49. The number of hydroxylamine groups is 1. The lowest BCUT2D eigenvalue weighted by molar-refractivity contribution is 0.00445. The molecule has 0 saturated carbocycles. The Morgan fingerprint density at radius 2 is 2.08 bits per heavy atom. The smallest absolute Gasteiger partial charge is 0.163 e. The van der Waals surface area contributed by atoms with Crippen LogP contribution in [-0.2, 0) is 11.3 Å². The number of benzene rings is 1. The van der Waals surface area contributed by atoms with Crippen LogP contribution in [0.15, 0.2) is 17.1 Å². The summed E-state index contributed by atoms with van der Waals surface area (Å²) < 4.78 is 16.4. The van der Waals surface area contributed by atoms with Gasteiger partial charge in [-0.1, -0.05) is 0 Å². The van der Waals surface area contributed by atoms with Crippen LogP contribution in [-0.4, -0.2) is 74.2 Å². The molecule has 1 fully saturated rings. The van der Waals surface area contributed by atoms with E-state index in [1.165, 1.54) is 6.34 Å². The first-order valence-electron chi connectivity index (χ1n) is 7.97. The zero-order chi connectivity index (χ0) is 16.9. The van der Waals surface area contributed by atoms with Gasteiger partial charge in [0.05, 0.1) is 32.6 Å². The van der Waals surface area contributed by atoms with Gasteiger partial charge in [0.25, 0.3) is 0 Å². The highest BCUT2D eigenvalue weighted by atomic mass is 16.5. The number of hydrogen-bond acceptors (Lipinski definition) is 8. The van der Waals surface area contributed by atoms with Crippen molar-refractivity contribution < 1.29 is 24.5 Å². The topological polar surface area (TPSA) is 87.0 Å². The van der Waals surface area contributed by atoms with E-state index in [0.717, 1.165) is 23.7 Å². The van der Waals surface area contributed by atoms with Crippen LogP contribution in [0.1, 0.15) is 5.56 Å². The summed E-state index contributed by atoms with van der Waals surface area (Å²) in [5.41, 5.74) is 1.45. The van der Waals surface area contributed by atoms with E-state index >= 15 is 0 Å². The van der Waals surface area contributed by atoms with Gasteiger partial charge in [0, 0.05) is 31.3 Å². The second-order valence-corrected chi connectivity index (χ2v) is 5.81. The van der Waals surface area contributed by atoms with Crippen LogP contribution in [0.25, 0.3) is 0 Å². The van der Waals surface area contributed by atoms with Crippen LogP contribution in [0.4, 0.5) is 5.69 Å². The third-order valence-corrected chi connectivity index (χ3v) is 4.07. The molecule has 0 amide bonds. The van der Waals surface area contributed by atoms with E-state index < -0.39 is 6.10 Å². The van der Waals surface area contributed by atoms with Gasteiger partial charge in [0.2, 0.25) is 0 Å². The number of methoxy groups -OCH3 is 1. The van der Waals surface area contributed by atoms with Gasteiger partial charge >= 0.3 is 0 Å². The second-order valence-electron chi connectivity index (χ2n) is 5.81. The number of ether oxygens (including phenoxy) is 3. The fourth-order valence-electron chi connectivity index (χ4n) is 2.80. The van der Waals surface area contributed by atoms with Gasteiger partial charge in [0.15, 0.2) is 11.5 Å². The predicted octanol–water partition coefficient (Wildman–Crippen LogP) is 0.505. The molecule has 3 rings (SSSR count). The molecule has 8 nitrogen and oxygen atoms in total. The monoisotopic (exact) mass is 337 g/mol. The number of aliphatic imine (C=N–C) groups is 1. The van der Waals surface area contributed by atoms with Crippen molar-refractivity contribution in [2.24, 2.45) is 4.99 Å². The average Bonchev–Trinajstić information content (AvgIpc) is 2.60. The Balaban J connectivity index is 1.62. The minimum absolute atomic E-state index is 0.145. The van der Waals surface area contributed by atoms with E-state index in [-0.39, 0.29) is 6.61 Å². The number of aliphatic hydroxyl groups excluding tert-OH is 1. The molecule has 2 aliphatic heterocycles. The highest BCUT2D eigenvalue weighted by Crippen LogP contribution is 2.36. The lowest BCUT2D eigenvalue weighted by Crippen LogP contribution is -2.42. The molecule has 0 bridgehead atoms. The summed E-state index contributed by atoms with van der Waals surface area (Å²) in [6.45, 7) is 4.18. The third kappa shape index (κ3) is 3.96. The lowest BCUT2D eigenvalue weighted by atomic mass is 10.1. The molecule has 1 aromatic rings. The Hall–Kier alpha value is -1.87.